The lowest BCUT2D eigenvalue weighted by molar-refractivity contribution is -0.132. The average molecular weight is 477 g/mol. The van der Waals surface area contributed by atoms with Crippen molar-refractivity contribution < 1.29 is 13.2 Å². The van der Waals surface area contributed by atoms with Crippen LogP contribution in [-0.4, -0.2) is 65.0 Å². The number of amides is 1. The molecule has 0 bridgehead atoms. The van der Waals surface area contributed by atoms with Crippen LogP contribution in [0.3, 0.4) is 0 Å². The van der Waals surface area contributed by atoms with Crippen LogP contribution in [0, 0.1) is 0 Å². The van der Waals surface area contributed by atoms with Crippen molar-refractivity contribution >= 4 is 38.9 Å². The third-order valence-electron chi connectivity index (χ3n) is 6.39. The van der Waals surface area contributed by atoms with Gasteiger partial charge in [-0.1, -0.05) is 11.6 Å². The number of anilines is 2. The molecule has 0 aliphatic carbocycles. The predicted octanol–water partition coefficient (Wildman–Crippen LogP) is 2.74. The van der Waals surface area contributed by atoms with Crippen LogP contribution in [0.2, 0.25) is 5.02 Å². The Kier molecular flexibility index (Phi) is 6.65. The van der Waals surface area contributed by atoms with Gasteiger partial charge in [-0.3, -0.25) is 4.79 Å². The summed E-state index contributed by atoms with van der Waals surface area (Å²) in [6, 6.07) is 12.6. The number of fused-ring (bicyclic) bond motifs is 1. The van der Waals surface area contributed by atoms with Gasteiger partial charge in [-0.2, -0.15) is 0 Å². The van der Waals surface area contributed by atoms with Crippen molar-refractivity contribution in [3.05, 3.63) is 53.1 Å². The molecule has 4 rings (SSSR count). The second-order valence-corrected chi connectivity index (χ2v) is 10.6. The highest BCUT2D eigenvalue weighted by atomic mass is 35.5. The van der Waals surface area contributed by atoms with Crippen molar-refractivity contribution in [1.29, 1.82) is 0 Å². The van der Waals surface area contributed by atoms with E-state index >= 15 is 0 Å². The number of carbonyl (C=O) groups excluding carboxylic acids is 1. The maximum absolute atomic E-state index is 13.3. The lowest BCUT2D eigenvalue weighted by atomic mass is 10.00. The number of sulfonamides is 1. The van der Waals surface area contributed by atoms with Gasteiger partial charge in [0.15, 0.2) is 0 Å². The zero-order chi connectivity index (χ0) is 22.9. The molecule has 172 valence electrons. The summed E-state index contributed by atoms with van der Waals surface area (Å²) in [6.45, 7) is 5.55. The molecule has 9 heteroatoms. The van der Waals surface area contributed by atoms with E-state index < -0.39 is 10.0 Å². The summed E-state index contributed by atoms with van der Waals surface area (Å²) in [6.07, 6.45) is 2.00. The molecule has 1 fully saturated rings. The number of benzene rings is 2. The number of aryl methyl sites for hydroxylation is 1. The van der Waals surface area contributed by atoms with Gasteiger partial charge in [0.05, 0.1) is 4.90 Å². The van der Waals surface area contributed by atoms with E-state index in [-0.39, 0.29) is 16.8 Å². The minimum Gasteiger partial charge on any atom is -0.368 e. The third-order valence-corrected chi connectivity index (χ3v) is 8.06. The van der Waals surface area contributed by atoms with E-state index in [1.54, 1.807) is 12.1 Å². The van der Waals surface area contributed by atoms with Gasteiger partial charge in [0, 0.05) is 49.1 Å². The molecule has 1 saturated heterocycles. The molecular formula is C23H29ClN4O3S. The summed E-state index contributed by atoms with van der Waals surface area (Å²) in [4.78, 5) is 19.8. The molecule has 7 nitrogen and oxygen atoms in total. The Morgan fingerprint density at radius 2 is 1.72 bits per heavy atom. The van der Waals surface area contributed by atoms with Crippen molar-refractivity contribution in [2.45, 2.75) is 30.7 Å². The summed E-state index contributed by atoms with van der Waals surface area (Å²) >= 11 is 6.16. The Balaban J connectivity index is 1.39. The van der Waals surface area contributed by atoms with E-state index in [0.717, 1.165) is 35.8 Å². The minimum atomic E-state index is -3.44. The normalized spacial score (nSPS) is 17.8. The summed E-state index contributed by atoms with van der Waals surface area (Å²) in [7, 11) is -2.04. The largest absolute Gasteiger partial charge is 0.368 e. The van der Waals surface area contributed by atoms with Gasteiger partial charge in [-0.15, -0.1) is 0 Å². The first-order valence-electron chi connectivity index (χ1n) is 10.9. The molecule has 0 saturated carbocycles. The number of hydrogen-bond acceptors (Lipinski definition) is 5. The summed E-state index contributed by atoms with van der Waals surface area (Å²) < 4.78 is 26.2. The monoisotopic (exact) mass is 476 g/mol. The lowest BCUT2D eigenvalue weighted by Crippen LogP contribution is -2.55. The number of hydrogen-bond donors (Lipinski definition) is 1. The van der Waals surface area contributed by atoms with E-state index in [2.05, 4.69) is 14.5 Å². The molecule has 1 atom stereocenters. The average Bonchev–Trinajstić information content (AvgIpc) is 2.82. The van der Waals surface area contributed by atoms with E-state index in [4.69, 9.17) is 11.6 Å². The molecule has 2 aromatic carbocycles. The Morgan fingerprint density at radius 1 is 1.03 bits per heavy atom. The molecule has 32 heavy (non-hydrogen) atoms. The molecule has 2 heterocycles. The molecule has 2 aliphatic rings. The molecule has 0 spiro atoms. The van der Waals surface area contributed by atoms with E-state index in [1.807, 2.05) is 42.2 Å². The van der Waals surface area contributed by atoms with Crippen LogP contribution in [0.1, 0.15) is 18.9 Å². The van der Waals surface area contributed by atoms with Crippen LogP contribution in [0.4, 0.5) is 11.4 Å². The van der Waals surface area contributed by atoms with E-state index in [0.29, 0.717) is 26.2 Å². The molecule has 1 amide bonds. The number of rotatable bonds is 5. The van der Waals surface area contributed by atoms with Crippen molar-refractivity contribution in [2.75, 3.05) is 49.6 Å². The second kappa shape index (κ2) is 9.29. The minimum absolute atomic E-state index is 0.142. The van der Waals surface area contributed by atoms with Crippen LogP contribution >= 0.6 is 11.6 Å². The maximum Gasteiger partial charge on any atom is 0.245 e. The molecule has 0 radical (unpaired) electrons. The van der Waals surface area contributed by atoms with Gasteiger partial charge in [-0.05, 0) is 74.8 Å². The fraction of sp³-hybridized carbons (Fsp3) is 0.435. The standard InChI is InChI=1S/C23H29ClN4O3S/c1-17(28-11-3-4-18-16-19(24)5-10-22(18)28)23(29)27-14-12-26(13-15-27)20-6-8-21(9-7-20)32(30,31)25-2/h5-10,16-17,25H,3-4,11-15H2,1-2H3/t17-/m1/s1. The number of nitrogens with zero attached hydrogens (tertiary/aromatic N) is 3. The zero-order valence-electron chi connectivity index (χ0n) is 18.4. The predicted molar refractivity (Wildman–Crippen MR) is 128 cm³/mol. The van der Waals surface area contributed by atoms with Crippen molar-refractivity contribution in [3.63, 3.8) is 0 Å². The Morgan fingerprint density at radius 3 is 2.38 bits per heavy atom. The first-order valence-corrected chi connectivity index (χ1v) is 12.8. The Bertz CT molecular complexity index is 1080. The second-order valence-electron chi connectivity index (χ2n) is 8.26. The SMILES string of the molecule is CNS(=O)(=O)c1ccc(N2CCN(C(=O)[C@@H](C)N3CCCc4cc(Cl)ccc43)CC2)cc1. The summed E-state index contributed by atoms with van der Waals surface area (Å²) in [5.41, 5.74) is 3.27. The van der Waals surface area contributed by atoms with Gasteiger partial charge in [0.25, 0.3) is 0 Å². The van der Waals surface area contributed by atoms with Crippen molar-refractivity contribution in [3.8, 4) is 0 Å². The molecule has 2 aromatic rings. The zero-order valence-corrected chi connectivity index (χ0v) is 20.0. The van der Waals surface area contributed by atoms with Crippen LogP contribution < -0.4 is 14.5 Å². The van der Waals surface area contributed by atoms with Gasteiger partial charge >= 0.3 is 0 Å². The molecule has 0 unspecified atom stereocenters. The van der Waals surface area contributed by atoms with E-state index in [9.17, 15) is 13.2 Å². The highest BCUT2D eigenvalue weighted by molar-refractivity contribution is 7.89. The highest BCUT2D eigenvalue weighted by Gasteiger charge is 2.31. The van der Waals surface area contributed by atoms with Gasteiger partial charge < -0.3 is 14.7 Å². The summed E-state index contributed by atoms with van der Waals surface area (Å²) in [5.74, 6) is 0.142. The van der Waals surface area contributed by atoms with Crippen LogP contribution in [0.15, 0.2) is 47.4 Å². The Labute approximate surface area is 195 Å². The molecule has 0 aromatic heterocycles. The first-order chi connectivity index (χ1) is 15.3. The molecular weight excluding hydrogens is 448 g/mol. The van der Waals surface area contributed by atoms with Crippen molar-refractivity contribution in [2.24, 2.45) is 0 Å². The topological polar surface area (TPSA) is 73.0 Å². The highest BCUT2D eigenvalue weighted by Crippen LogP contribution is 2.31. The first kappa shape index (κ1) is 22.9. The fourth-order valence-corrected chi connectivity index (χ4v) is 5.46. The maximum atomic E-state index is 13.3. The molecule has 2 aliphatic heterocycles. The van der Waals surface area contributed by atoms with Gasteiger partial charge in [0.2, 0.25) is 15.9 Å². The quantitative estimate of drug-likeness (QED) is 0.718. The van der Waals surface area contributed by atoms with Crippen molar-refractivity contribution in [1.82, 2.24) is 9.62 Å². The third kappa shape index (κ3) is 4.58. The van der Waals surface area contributed by atoms with Crippen LogP contribution in [-0.2, 0) is 21.2 Å². The smallest absolute Gasteiger partial charge is 0.245 e. The van der Waals surface area contributed by atoms with E-state index in [1.165, 1.54) is 12.6 Å². The van der Waals surface area contributed by atoms with Crippen LogP contribution in [0.25, 0.3) is 0 Å². The number of piperazine rings is 1. The van der Waals surface area contributed by atoms with Gasteiger partial charge in [-0.25, -0.2) is 13.1 Å². The number of halogens is 1. The molecule has 1 N–H and O–H groups in total. The van der Waals surface area contributed by atoms with Crippen LogP contribution in [0.5, 0.6) is 0 Å². The van der Waals surface area contributed by atoms with Gasteiger partial charge in [0.1, 0.15) is 6.04 Å². The fourth-order valence-electron chi connectivity index (χ4n) is 4.53. The Hall–Kier alpha value is -2.29. The number of carbonyl (C=O) groups is 1. The number of nitrogens with one attached hydrogen (secondary N) is 1. The lowest BCUT2D eigenvalue weighted by Gasteiger charge is -2.41. The summed E-state index contributed by atoms with van der Waals surface area (Å²) in [5, 5.41) is 0.734.